The van der Waals surface area contributed by atoms with Crippen LogP contribution in [-0.2, 0) is 4.79 Å². The molecule has 0 spiro atoms. The number of hydrogen-bond acceptors (Lipinski definition) is 3. The molecule has 2 amide bonds. The maximum atomic E-state index is 12.3. The number of rotatable bonds is 3. The number of carbonyl (C=O) groups is 2. The maximum Gasteiger partial charge on any atom is 0.255 e. The highest BCUT2D eigenvalue weighted by Gasteiger charge is 2.20. The van der Waals surface area contributed by atoms with Crippen LogP contribution < -0.4 is 10.2 Å². The van der Waals surface area contributed by atoms with Crippen molar-refractivity contribution >= 4 is 50.7 Å². The highest BCUT2D eigenvalue weighted by Crippen LogP contribution is 2.30. The van der Waals surface area contributed by atoms with E-state index in [0.717, 1.165) is 23.2 Å². The highest BCUT2D eigenvalue weighted by molar-refractivity contribution is 9.10. The molecule has 136 valence electrons. The van der Waals surface area contributed by atoms with Crippen LogP contribution in [0.3, 0.4) is 0 Å². The van der Waals surface area contributed by atoms with Gasteiger partial charge in [0, 0.05) is 48.8 Å². The zero-order chi connectivity index (χ0) is 18.7. The van der Waals surface area contributed by atoms with Gasteiger partial charge in [-0.25, -0.2) is 0 Å². The van der Waals surface area contributed by atoms with Gasteiger partial charge in [0.2, 0.25) is 5.91 Å². The maximum absolute atomic E-state index is 12.3. The smallest absolute Gasteiger partial charge is 0.255 e. The molecule has 1 N–H and O–H groups in total. The number of amides is 2. The number of nitrogens with zero attached hydrogens (tertiary/aromatic N) is 2. The van der Waals surface area contributed by atoms with E-state index in [2.05, 4.69) is 26.1 Å². The summed E-state index contributed by atoms with van der Waals surface area (Å²) >= 11 is 9.80. The van der Waals surface area contributed by atoms with Crippen LogP contribution in [0.5, 0.6) is 0 Å². The molecule has 0 radical (unpaired) electrons. The Kier molecular flexibility index (Phi) is 5.84. The van der Waals surface area contributed by atoms with Crippen LogP contribution in [0, 0.1) is 0 Å². The summed E-state index contributed by atoms with van der Waals surface area (Å²) in [6, 6.07) is 12.7. The minimum absolute atomic E-state index is 0.0985. The molecule has 5 nitrogen and oxygen atoms in total. The van der Waals surface area contributed by atoms with Gasteiger partial charge >= 0.3 is 0 Å². The lowest BCUT2D eigenvalue weighted by Gasteiger charge is -2.36. The molecule has 26 heavy (non-hydrogen) atoms. The monoisotopic (exact) mass is 435 g/mol. The second-order valence-electron chi connectivity index (χ2n) is 6.12. The molecule has 2 aromatic carbocycles. The molecule has 7 heteroatoms. The summed E-state index contributed by atoms with van der Waals surface area (Å²) in [6.07, 6.45) is 0. The van der Waals surface area contributed by atoms with Crippen LogP contribution >= 0.6 is 27.5 Å². The van der Waals surface area contributed by atoms with Gasteiger partial charge in [0.25, 0.3) is 5.91 Å². The molecule has 3 rings (SSSR count). The van der Waals surface area contributed by atoms with Gasteiger partial charge in [-0.3, -0.25) is 9.59 Å². The molecule has 1 saturated heterocycles. The fourth-order valence-corrected chi connectivity index (χ4v) is 3.64. The Morgan fingerprint density at radius 1 is 1.08 bits per heavy atom. The zero-order valence-corrected chi connectivity index (χ0v) is 16.7. The molecule has 0 aromatic heterocycles. The minimum Gasteiger partial charge on any atom is -0.367 e. The van der Waals surface area contributed by atoms with Crippen molar-refractivity contribution < 1.29 is 9.59 Å². The van der Waals surface area contributed by atoms with Gasteiger partial charge in [-0.1, -0.05) is 33.6 Å². The van der Waals surface area contributed by atoms with Crippen molar-refractivity contribution in [1.29, 1.82) is 0 Å². The Bertz CT molecular complexity index is 835. The Balaban J connectivity index is 1.68. The summed E-state index contributed by atoms with van der Waals surface area (Å²) in [5, 5.41) is 3.44. The molecule has 1 aliphatic heterocycles. The molecule has 1 heterocycles. The Hall–Kier alpha value is -2.05. The molecule has 0 unspecified atom stereocenters. The van der Waals surface area contributed by atoms with Gasteiger partial charge in [-0.2, -0.15) is 0 Å². The van der Waals surface area contributed by atoms with Gasteiger partial charge < -0.3 is 15.1 Å². The molecule has 1 fully saturated rings. The summed E-state index contributed by atoms with van der Waals surface area (Å²) in [6.45, 7) is 4.44. The Morgan fingerprint density at radius 3 is 2.42 bits per heavy atom. The van der Waals surface area contributed by atoms with E-state index in [4.69, 9.17) is 11.6 Å². The molecule has 0 aliphatic carbocycles. The van der Waals surface area contributed by atoms with Gasteiger partial charge in [0.15, 0.2) is 0 Å². The first-order valence-corrected chi connectivity index (χ1v) is 9.48. The standard InChI is InChI=1S/C19H19BrClN3O2/c1-13(25)23-7-9-24(10-8-23)18-6-5-16(12-17(18)21)22-19(26)14-3-2-4-15(20)11-14/h2-6,11-12H,7-10H2,1H3,(H,22,26). The largest absolute Gasteiger partial charge is 0.367 e. The second-order valence-corrected chi connectivity index (χ2v) is 7.45. The lowest BCUT2D eigenvalue weighted by atomic mass is 10.2. The summed E-state index contributed by atoms with van der Waals surface area (Å²) in [5.74, 6) is -0.0912. The zero-order valence-electron chi connectivity index (χ0n) is 14.3. The van der Waals surface area contributed by atoms with Crippen molar-refractivity contribution in [1.82, 2.24) is 4.90 Å². The fraction of sp³-hybridized carbons (Fsp3) is 0.263. The minimum atomic E-state index is -0.190. The Labute approximate surface area is 166 Å². The van der Waals surface area contributed by atoms with Gasteiger partial charge in [-0.05, 0) is 36.4 Å². The van der Waals surface area contributed by atoms with Crippen molar-refractivity contribution in [3.63, 3.8) is 0 Å². The van der Waals surface area contributed by atoms with Crippen molar-refractivity contribution in [2.75, 3.05) is 36.4 Å². The van der Waals surface area contributed by atoms with Crippen LogP contribution in [0.4, 0.5) is 11.4 Å². The topological polar surface area (TPSA) is 52.7 Å². The molecule has 2 aromatic rings. The van der Waals surface area contributed by atoms with E-state index in [9.17, 15) is 9.59 Å². The number of anilines is 2. The molecule has 1 aliphatic rings. The molecular weight excluding hydrogens is 418 g/mol. The molecule has 0 saturated carbocycles. The normalized spacial score (nSPS) is 14.3. The summed E-state index contributed by atoms with van der Waals surface area (Å²) < 4.78 is 0.850. The van der Waals surface area contributed by atoms with E-state index in [1.807, 2.05) is 29.2 Å². The first-order valence-electron chi connectivity index (χ1n) is 8.31. The van der Waals surface area contributed by atoms with E-state index in [1.54, 1.807) is 25.1 Å². The number of piperazine rings is 1. The van der Waals surface area contributed by atoms with E-state index in [1.165, 1.54) is 0 Å². The average molecular weight is 437 g/mol. The highest BCUT2D eigenvalue weighted by atomic mass is 79.9. The number of hydrogen-bond donors (Lipinski definition) is 1. The van der Waals surface area contributed by atoms with Gasteiger partial charge in [0.05, 0.1) is 10.7 Å². The second kappa shape index (κ2) is 8.10. The average Bonchev–Trinajstić information content (AvgIpc) is 2.62. The van der Waals surface area contributed by atoms with Crippen molar-refractivity contribution in [2.45, 2.75) is 6.92 Å². The number of benzene rings is 2. The predicted octanol–water partition coefficient (Wildman–Crippen LogP) is 4.02. The number of carbonyl (C=O) groups excluding carboxylic acids is 2. The summed E-state index contributed by atoms with van der Waals surface area (Å²) in [7, 11) is 0. The van der Waals surface area contributed by atoms with Crippen LogP contribution in [0.15, 0.2) is 46.9 Å². The summed E-state index contributed by atoms with van der Waals surface area (Å²) in [4.78, 5) is 27.8. The third-order valence-corrected chi connectivity index (χ3v) is 5.15. The van der Waals surface area contributed by atoms with Crippen LogP contribution in [0.2, 0.25) is 5.02 Å². The van der Waals surface area contributed by atoms with Crippen LogP contribution in [0.25, 0.3) is 0 Å². The van der Waals surface area contributed by atoms with Gasteiger partial charge in [0.1, 0.15) is 0 Å². The third-order valence-electron chi connectivity index (χ3n) is 4.36. The van der Waals surface area contributed by atoms with Crippen molar-refractivity contribution in [2.24, 2.45) is 0 Å². The first kappa shape index (κ1) is 18.7. The third kappa shape index (κ3) is 4.37. The predicted molar refractivity (Wildman–Crippen MR) is 108 cm³/mol. The fourth-order valence-electron chi connectivity index (χ4n) is 2.94. The van der Waals surface area contributed by atoms with E-state index in [-0.39, 0.29) is 11.8 Å². The summed E-state index contributed by atoms with van der Waals surface area (Å²) in [5.41, 5.74) is 2.13. The lowest BCUT2D eigenvalue weighted by Crippen LogP contribution is -2.48. The van der Waals surface area contributed by atoms with E-state index < -0.39 is 0 Å². The van der Waals surface area contributed by atoms with Crippen molar-refractivity contribution in [3.05, 3.63) is 57.5 Å². The first-order chi connectivity index (χ1) is 12.4. The van der Waals surface area contributed by atoms with Gasteiger partial charge in [-0.15, -0.1) is 0 Å². The van der Waals surface area contributed by atoms with E-state index >= 15 is 0 Å². The lowest BCUT2D eigenvalue weighted by molar-refractivity contribution is -0.129. The van der Waals surface area contributed by atoms with Crippen molar-refractivity contribution in [3.8, 4) is 0 Å². The number of nitrogens with one attached hydrogen (secondary N) is 1. The van der Waals surface area contributed by atoms with E-state index in [0.29, 0.717) is 29.4 Å². The molecule has 0 bridgehead atoms. The molecular formula is C19H19BrClN3O2. The van der Waals surface area contributed by atoms with Crippen LogP contribution in [-0.4, -0.2) is 42.9 Å². The number of halogens is 2. The SMILES string of the molecule is CC(=O)N1CCN(c2ccc(NC(=O)c3cccc(Br)c3)cc2Cl)CC1. The van der Waals surface area contributed by atoms with Crippen LogP contribution in [0.1, 0.15) is 17.3 Å². The molecule has 0 atom stereocenters. The quantitative estimate of drug-likeness (QED) is 0.790. The Morgan fingerprint density at radius 2 is 1.81 bits per heavy atom.